The van der Waals surface area contributed by atoms with Crippen molar-refractivity contribution in [2.24, 2.45) is 5.92 Å². The summed E-state index contributed by atoms with van der Waals surface area (Å²) in [7, 11) is 2.12. The van der Waals surface area contributed by atoms with Crippen LogP contribution in [-0.2, 0) is 15.9 Å². The van der Waals surface area contributed by atoms with Gasteiger partial charge in [-0.25, -0.2) is 0 Å². The molecule has 30 heavy (non-hydrogen) atoms. The zero-order chi connectivity index (χ0) is 21.2. The fourth-order valence-electron chi connectivity index (χ4n) is 5.97. The number of aliphatic hydroxyl groups is 2. The molecule has 4 unspecified atom stereocenters. The highest BCUT2D eigenvalue weighted by Gasteiger charge is 2.61. The number of ether oxygens (including phenoxy) is 2. The lowest BCUT2D eigenvalue weighted by Gasteiger charge is -2.45. The van der Waals surface area contributed by atoms with Crippen molar-refractivity contribution in [3.8, 4) is 0 Å². The number of quaternary nitrogens is 1. The van der Waals surface area contributed by atoms with Crippen LogP contribution in [0.25, 0.3) is 0 Å². The summed E-state index contributed by atoms with van der Waals surface area (Å²) in [5.74, 6) is 0.448. The molecule has 9 atom stereocenters. The molecule has 0 amide bonds. The van der Waals surface area contributed by atoms with E-state index in [1.54, 1.807) is 6.07 Å². The van der Waals surface area contributed by atoms with Gasteiger partial charge in [0.15, 0.2) is 6.10 Å². The summed E-state index contributed by atoms with van der Waals surface area (Å²) in [6.45, 7) is 4.31. The van der Waals surface area contributed by atoms with Gasteiger partial charge >= 0.3 is 0 Å². The molecule has 4 aliphatic rings. The molecule has 0 aromatic heterocycles. The number of hydrogen-bond acceptors (Lipinski definition) is 6. The third-order valence-corrected chi connectivity index (χ3v) is 8.40. The quantitative estimate of drug-likeness (QED) is 0.501. The van der Waals surface area contributed by atoms with Crippen molar-refractivity contribution in [1.29, 1.82) is 0 Å². The number of nitrogens with one attached hydrogen (secondary N) is 2. The lowest BCUT2D eigenvalue weighted by Crippen LogP contribution is -2.69. The van der Waals surface area contributed by atoms with Crippen LogP contribution in [0, 0.1) is 5.92 Å². The number of likely N-dealkylation sites (N-methyl/N-ethyl adjacent to an activating group) is 1. The van der Waals surface area contributed by atoms with E-state index in [0.717, 1.165) is 37.2 Å². The predicted octanol–water partition coefficient (Wildman–Crippen LogP) is 1.39. The topological polar surface area (TPSA) is 83.0 Å². The number of nitrogens with zero attached hydrogens (tertiary/aromatic N) is 1. The molecule has 7 nitrogen and oxygen atoms in total. The average Bonchev–Trinajstić information content (AvgIpc) is 3.22. The minimum Gasteiger partial charge on any atom is -0.387 e. The molecule has 166 valence electrons. The van der Waals surface area contributed by atoms with Gasteiger partial charge in [0, 0.05) is 18.4 Å². The summed E-state index contributed by atoms with van der Waals surface area (Å²) < 4.78 is 13.0. The summed E-state index contributed by atoms with van der Waals surface area (Å²) >= 11 is 12.5. The third-order valence-electron chi connectivity index (χ3n) is 7.68. The monoisotopic (exact) mass is 458 g/mol. The standard InChI is InChI=1S/C21H30Cl2N3O4/c1-10-12-3-5-26(2,20(12)25-9-24-10)21-17(28)16(27)19(30-21)18-13-8-15(23)14(22)7-11(13)4-6-29-18/h7-8,10,12,16-21,24-25,27-28H,3-6,9H2,1-2H3/q+1/t10?,12?,16-,17+,18+,19-,20?,21+,26?/m0/s1. The Morgan fingerprint density at radius 1 is 1.13 bits per heavy atom. The van der Waals surface area contributed by atoms with E-state index in [0.29, 0.717) is 33.1 Å². The van der Waals surface area contributed by atoms with Gasteiger partial charge in [-0.05, 0) is 36.6 Å². The van der Waals surface area contributed by atoms with Crippen LogP contribution in [0.5, 0.6) is 0 Å². The molecule has 9 heteroatoms. The fourth-order valence-corrected chi connectivity index (χ4v) is 6.33. The van der Waals surface area contributed by atoms with Crippen LogP contribution in [0.2, 0.25) is 10.0 Å². The molecule has 0 bridgehead atoms. The summed E-state index contributed by atoms with van der Waals surface area (Å²) in [6, 6.07) is 4.07. The molecule has 0 radical (unpaired) electrons. The summed E-state index contributed by atoms with van der Waals surface area (Å²) in [5.41, 5.74) is 1.92. The van der Waals surface area contributed by atoms with Crippen molar-refractivity contribution < 1.29 is 24.2 Å². The molecular weight excluding hydrogens is 429 g/mol. The van der Waals surface area contributed by atoms with Gasteiger partial charge in [0.1, 0.15) is 24.5 Å². The van der Waals surface area contributed by atoms with Crippen molar-refractivity contribution in [1.82, 2.24) is 10.6 Å². The Labute approximate surface area is 186 Å². The van der Waals surface area contributed by atoms with Crippen LogP contribution in [0.1, 0.15) is 30.6 Å². The number of rotatable bonds is 2. The zero-order valence-corrected chi connectivity index (χ0v) is 18.7. The highest BCUT2D eigenvalue weighted by Crippen LogP contribution is 2.44. The van der Waals surface area contributed by atoms with Crippen molar-refractivity contribution in [3.63, 3.8) is 0 Å². The Kier molecular flexibility index (Phi) is 5.58. The van der Waals surface area contributed by atoms with Gasteiger partial charge in [-0.15, -0.1) is 0 Å². The number of aliphatic hydroxyl groups excluding tert-OH is 2. The van der Waals surface area contributed by atoms with Gasteiger partial charge in [-0.1, -0.05) is 23.2 Å². The van der Waals surface area contributed by atoms with Crippen molar-refractivity contribution in [3.05, 3.63) is 33.3 Å². The van der Waals surface area contributed by atoms with Crippen LogP contribution in [-0.4, -0.2) is 78.3 Å². The largest absolute Gasteiger partial charge is 0.387 e. The van der Waals surface area contributed by atoms with Gasteiger partial charge < -0.3 is 25.0 Å². The minimum atomic E-state index is -1.05. The number of fused-ring (bicyclic) bond motifs is 2. The van der Waals surface area contributed by atoms with E-state index in [9.17, 15) is 10.2 Å². The minimum absolute atomic E-state index is 0.166. The highest BCUT2D eigenvalue weighted by atomic mass is 35.5. The number of likely N-dealkylation sites (tertiary alicyclic amines) is 1. The zero-order valence-electron chi connectivity index (χ0n) is 17.2. The van der Waals surface area contributed by atoms with Gasteiger partial charge in [0.25, 0.3) is 0 Å². The molecule has 5 rings (SSSR count). The Balaban J connectivity index is 1.43. The first-order valence-electron chi connectivity index (χ1n) is 10.7. The van der Waals surface area contributed by atoms with Crippen LogP contribution in [0.3, 0.4) is 0 Å². The Hall–Kier alpha value is -0.480. The van der Waals surface area contributed by atoms with Gasteiger partial charge in [0.2, 0.25) is 6.23 Å². The van der Waals surface area contributed by atoms with Crippen molar-refractivity contribution in [2.45, 2.75) is 62.6 Å². The summed E-state index contributed by atoms with van der Waals surface area (Å²) in [5, 5.41) is 30.0. The number of hydrogen-bond donors (Lipinski definition) is 4. The molecule has 4 heterocycles. The first-order chi connectivity index (χ1) is 14.3. The second-order valence-corrected chi connectivity index (χ2v) is 10.1. The van der Waals surface area contributed by atoms with E-state index in [1.807, 2.05) is 6.07 Å². The van der Waals surface area contributed by atoms with E-state index in [2.05, 4.69) is 24.6 Å². The first-order valence-corrected chi connectivity index (χ1v) is 11.5. The van der Waals surface area contributed by atoms with E-state index < -0.39 is 30.6 Å². The molecule has 3 saturated heterocycles. The molecule has 0 spiro atoms. The SMILES string of the molecule is CC1NCNC2C1CC[N+]2(C)[C@@H]1O[C@H]([C@@H]2OCCc3cc(Cl)c(Cl)cc32)[C@@H](O)[C@H]1O. The van der Waals surface area contributed by atoms with Gasteiger partial charge in [-0.3, -0.25) is 9.80 Å². The Morgan fingerprint density at radius 3 is 2.70 bits per heavy atom. The predicted molar refractivity (Wildman–Crippen MR) is 113 cm³/mol. The van der Waals surface area contributed by atoms with Crippen molar-refractivity contribution >= 4 is 23.2 Å². The maximum atomic E-state index is 11.1. The molecule has 4 N–H and O–H groups in total. The summed E-state index contributed by atoms with van der Waals surface area (Å²) in [4.78, 5) is 0. The van der Waals surface area contributed by atoms with E-state index in [-0.39, 0.29) is 6.17 Å². The van der Waals surface area contributed by atoms with Gasteiger partial charge in [-0.2, -0.15) is 0 Å². The van der Waals surface area contributed by atoms with E-state index >= 15 is 0 Å². The normalized spacial score (nSPS) is 45.9. The molecular formula is C21H30Cl2N3O4+. The first kappa shape index (κ1) is 21.4. The average molecular weight is 459 g/mol. The van der Waals surface area contributed by atoms with Crippen LogP contribution in [0.4, 0.5) is 0 Å². The van der Waals surface area contributed by atoms with Crippen LogP contribution < -0.4 is 10.6 Å². The second-order valence-electron chi connectivity index (χ2n) is 9.32. The molecule has 0 saturated carbocycles. The Morgan fingerprint density at radius 2 is 1.90 bits per heavy atom. The smallest absolute Gasteiger partial charge is 0.224 e. The van der Waals surface area contributed by atoms with Crippen LogP contribution >= 0.6 is 23.2 Å². The third kappa shape index (κ3) is 3.22. The fraction of sp³-hybridized carbons (Fsp3) is 0.714. The molecule has 4 aliphatic heterocycles. The maximum absolute atomic E-state index is 11.1. The van der Waals surface area contributed by atoms with E-state index in [4.69, 9.17) is 32.7 Å². The number of halogens is 2. The maximum Gasteiger partial charge on any atom is 0.224 e. The Bertz CT molecular complexity index is 830. The summed E-state index contributed by atoms with van der Waals surface area (Å²) in [6.07, 6.45) is -1.82. The molecule has 0 aliphatic carbocycles. The lowest BCUT2D eigenvalue weighted by molar-refractivity contribution is -0.972. The number of benzene rings is 1. The van der Waals surface area contributed by atoms with Crippen molar-refractivity contribution in [2.75, 3.05) is 26.9 Å². The highest BCUT2D eigenvalue weighted by molar-refractivity contribution is 6.42. The van der Waals surface area contributed by atoms with Gasteiger partial charge in [0.05, 0.1) is 36.9 Å². The molecule has 3 fully saturated rings. The second kappa shape index (κ2) is 7.83. The van der Waals surface area contributed by atoms with E-state index in [1.165, 1.54) is 0 Å². The molecule has 1 aromatic carbocycles. The van der Waals surface area contributed by atoms with Crippen LogP contribution in [0.15, 0.2) is 12.1 Å². The molecule has 1 aromatic rings. The lowest BCUT2D eigenvalue weighted by atomic mass is 9.92.